The van der Waals surface area contributed by atoms with E-state index in [9.17, 15) is 13.9 Å². The van der Waals surface area contributed by atoms with E-state index in [-0.39, 0.29) is 11.7 Å². The molecule has 5 rings (SSSR count). The van der Waals surface area contributed by atoms with Crippen molar-refractivity contribution < 1.29 is 18.6 Å². The van der Waals surface area contributed by atoms with E-state index < -0.39 is 18.6 Å². The molecule has 0 spiro atoms. The molecule has 198 valence electrons. The predicted molar refractivity (Wildman–Crippen MR) is 145 cm³/mol. The van der Waals surface area contributed by atoms with Gasteiger partial charge in [0.2, 0.25) is 5.95 Å². The molecular formula is C28H29F2N5O2S. The van der Waals surface area contributed by atoms with Gasteiger partial charge in [-0.3, -0.25) is 4.90 Å². The number of rotatable bonds is 10. The largest absolute Gasteiger partial charge is 0.489 e. The van der Waals surface area contributed by atoms with Gasteiger partial charge in [0.05, 0.1) is 22.4 Å². The molecule has 1 fully saturated rings. The standard InChI is InChI=1S/C28H29F2N5O2S/c1-18(36)19-5-4-6-20(15-19)26-27(38-25(17-29)34-26)23-9-10-31-28(33-23)32-21-7-8-24(22(30)16-21)37-14-13-35-11-2-3-12-35/h4-10,15-16,18,36H,2-3,11-14,17H2,1H3,(H,31,32,33). The molecule has 1 atom stereocenters. The average Bonchev–Trinajstić information content (AvgIpc) is 3.60. The van der Waals surface area contributed by atoms with Gasteiger partial charge in [-0.15, -0.1) is 11.3 Å². The topological polar surface area (TPSA) is 83.4 Å². The fraction of sp³-hybridized carbons (Fsp3) is 0.321. The number of alkyl halides is 1. The monoisotopic (exact) mass is 537 g/mol. The van der Waals surface area contributed by atoms with Gasteiger partial charge in [-0.2, -0.15) is 0 Å². The third-order valence-electron chi connectivity index (χ3n) is 6.37. The zero-order valence-corrected chi connectivity index (χ0v) is 21.8. The number of nitrogens with zero attached hydrogens (tertiary/aromatic N) is 4. The Morgan fingerprint density at radius 1 is 1.13 bits per heavy atom. The lowest BCUT2D eigenvalue weighted by molar-refractivity contribution is 0.199. The van der Waals surface area contributed by atoms with Gasteiger partial charge in [0.1, 0.15) is 18.3 Å². The maximum Gasteiger partial charge on any atom is 0.227 e. The van der Waals surface area contributed by atoms with Crippen molar-refractivity contribution in [3.63, 3.8) is 0 Å². The number of benzene rings is 2. The summed E-state index contributed by atoms with van der Waals surface area (Å²) in [6.07, 6.45) is 3.35. The van der Waals surface area contributed by atoms with E-state index in [4.69, 9.17) is 4.74 Å². The number of aliphatic hydroxyl groups excluding tert-OH is 1. The first kappa shape index (κ1) is 26.1. The number of likely N-dealkylation sites (tertiary alicyclic amines) is 1. The first-order chi connectivity index (χ1) is 18.5. The van der Waals surface area contributed by atoms with E-state index in [2.05, 4.69) is 25.2 Å². The van der Waals surface area contributed by atoms with Crippen LogP contribution in [-0.2, 0) is 6.67 Å². The highest BCUT2D eigenvalue weighted by molar-refractivity contribution is 7.15. The smallest absolute Gasteiger partial charge is 0.227 e. The number of nitrogens with one attached hydrogen (secondary N) is 1. The van der Waals surface area contributed by atoms with Crippen LogP contribution in [0.4, 0.5) is 20.4 Å². The van der Waals surface area contributed by atoms with Crippen LogP contribution in [0, 0.1) is 5.82 Å². The fourth-order valence-electron chi connectivity index (χ4n) is 4.40. The van der Waals surface area contributed by atoms with Crippen molar-refractivity contribution in [1.82, 2.24) is 19.9 Å². The summed E-state index contributed by atoms with van der Waals surface area (Å²) in [6, 6.07) is 13.7. The molecule has 38 heavy (non-hydrogen) atoms. The van der Waals surface area contributed by atoms with E-state index in [1.165, 1.54) is 30.2 Å². The molecular weight excluding hydrogens is 508 g/mol. The van der Waals surface area contributed by atoms with Crippen LogP contribution >= 0.6 is 11.3 Å². The molecule has 7 nitrogen and oxygen atoms in total. The highest BCUT2D eigenvalue weighted by Gasteiger charge is 2.18. The van der Waals surface area contributed by atoms with Gasteiger partial charge in [-0.05, 0) is 62.7 Å². The molecule has 1 saturated heterocycles. The maximum absolute atomic E-state index is 14.7. The molecule has 0 bridgehead atoms. The lowest BCUT2D eigenvalue weighted by atomic mass is 10.0. The number of ether oxygens (including phenoxy) is 1. The van der Waals surface area contributed by atoms with Gasteiger partial charge in [0.25, 0.3) is 0 Å². The summed E-state index contributed by atoms with van der Waals surface area (Å²) in [7, 11) is 0. The molecule has 10 heteroatoms. The van der Waals surface area contributed by atoms with Crippen LogP contribution in [-0.4, -0.2) is 51.2 Å². The lowest BCUT2D eigenvalue weighted by Crippen LogP contribution is -2.25. The lowest BCUT2D eigenvalue weighted by Gasteiger charge is -2.15. The molecule has 0 saturated carbocycles. The molecule has 1 aliphatic heterocycles. The van der Waals surface area contributed by atoms with Crippen LogP contribution in [0.3, 0.4) is 0 Å². The van der Waals surface area contributed by atoms with Gasteiger partial charge in [0.15, 0.2) is 11.6 Å². The number of halogens is 2. The number of hydrogen-bond acceptors (Lipinski definition) is 8. The van der Waals surface area contributed by atoms with Crippen LogP contribution in [0.15, 0.2) is 54.7 Å². The van der Waals surface area contributed by atoms with Crippen molar-refractivity contribution >= 4 is 23.0 Å². The molecule has 2 N–H and O–H groups in total. The number of aliphatic hydroxyl groups is 1. The Kier molecular flexibility index (Phi) is 8.21. The Bertz CT molecular complexity index is 1390. The van der Waals surface area contributed by atoms with Gasteiger partial charge < -0.3 is 15.2 Å². The quantitative estimate of drug-likeness (QED) is 0.251. The van der Waals surface area contributed by atoms with Gasteiger partial charge >= 0.3 is 0 Å². The van der Waals surface area contributed by atoms with Gasteiger partial charge in [-0.25, -0.2) is 23.7 Å². The van der Waals surface area contributed by atoms with Gasteiger partial charge in [0, 0.05) is 30.1 Å². The maximum atomic E-state index is 14.7. The highest BCUT2D eigenvalue weighted by Crippen LogP contribution is 2.37. The molecule has 2 aromatic carbocycles. The SMILES string of the molecule is CC(O)c1cccc(-c2nc(CF)sc2-c2ccnc(Nc3ccc(OCCN4CCCC4)c(F)c3)n2)c1. The van der Waals surface area contributed by atoms with Gasteiger partial charge in [-0.1, -0.05) is 18.2 Å². The van der Waals surface area contributed by atoms with Crippen molar-refractivity contribution in [1.29, 1.82) is 0 Å². The Labute approximate surface area is 224 Å². The second kappa shape index (κ2) is 11.9. The zero-order valence-electron chi connectivity index (χ0n) is 21.0. The van der Waals surface area contributed by atoms with Crippen molar-refractivity contribution in [2.75, 3.05) is 31.6 Å². The van der Waals surface area contributed by atoms with E-state index in [0.717, 1.165) is 30.8 Å². The minimum atomic E-state index is -0.699. The number of thiazole rings is 1. The van der Waals surface area contributed by atoms with E-state index in [1.54, 1.807) is 31.3 Å². The van der Waals surface area contributed by atoms with Crippen LogP contribution in [0.2, 0.25) is 0 Å². The number of aromatic nitrogens is 3. The minimum absolute atomic E-state index is 0.205. The first-order valence-electron chi connectivity index (χ1n) is 12.6. The highest BCUT2D eigenvalue weighted by atomic mass is 32.1. The zero-order chi connectivity index (χ0) is 26.5. The van der Waals surface area contributed by atoms with Crippen molar-refractivity contribution in [2.45, 2.75) is 32.5 Å². The van der Waals surface area contributed by atoms with Crippen LogP contribution in [0.1, 0.15) is 36.4 Å². The average molecular weight is 538 g/mol. The molecule has 0 aliphatic carbocycles. The molecule has 3 heterocycles. The second-order valence-corrected chi connectivity index (χ2v) is 10.2. The minimum Gasteiger partial charge on any atom is -0.489 e. The summed E-state index contributed by atoms with van der Waals surface area (Å²) < 4.78 is 33.9. The summed E-state index contributed by atoms with van der Waals surface area (Å²) >= 11 is 1.21. The normalized spacial score (nSPS) is 14.5. The summed E-state index contributed by atoms with van der Waals surface area (Å²) in [5.41, 5.74) is 3.10. The third kappa shape index (κ3) is 6.15. The summed E-state index contributed by atoms with van der Waals surface area (Å²) in [4.78, 5) is 16.3. The Balaban J connectivity index is 1.34. The summed E-state index contributed by atoms with van der Waals surface area (Å²) in [6.45, 7) is 4.35. The molecule has 0 radical (unpaired) electrons. The molecule has 4 aromatic rings. The Morgan fingerprint density at radius 2 is 1.97 bits per heavy atom. The van der Waals surface area contributed by atoms with E-state index in [0.29, 0.717) is 33.6 Å². The second-order valence-electron chi connectivity index (χ2n) is 9.15. The summed E-state index contributed by atoms with van der Waals surface area (Å²) in [5, 5.41) is 13.4. The number of hydrogen-bond donors (Lipinski definition) is 2. The van der Waals surface area contributed by atoms with Crippen molar-refractivity contribution in [3.8, 4) is 27.6 Å². The predicted octanol–water partition coefficient (Wildman–Crippen LogP) is 6.15. The van der Waals surface area contributed by atoms with Crippen LogP contribution in [0.25, 0.3) is 21.8 Å². The molecule has 2 aromatic heterocycles. The Hall–Kier alpha value is -3.47. The summed E-state index contributed by atoms with van der Waals surface area (Å²) in [5.74, 6) is 0.00304. The first-order valence-corrected chi connectivity index (χ1v) is 13.4. The fourth-order valence-corrected chi connectivity index (χ4v) is 5.30. The van der Waals surface area contributed by atoms with Crippen LogP contribution in [0.5, 0.6) is 5.75 Å². The van der Waals surface area contributed by atoms with Crippen molar-refractivity contribution in [2.24, 2.45) is 0 Å². The van der Waals surface area contributed by atoms with Crippen LogP contribution < -0.4 is 10.1 Å². The van der Waals surface area contributed by atoms with E-state index in [1.807, 2.05) is 24.3 Å². The van der Waals surface area contributed by atoms with Crippen molar-refractivity contribution in [3.05, 3.63) is 71.1 Å². The molecule has 1 unspecified atom stereocenters. The third-order valence-corrected chi connectivity index (χ3v) is 7.41. The molecule has 0 amide bonds. The van der Waals surface area contributed by atoms with E-state index >= 15 is 0 Å². The number of anilines is 2. The molecule has 1 aliphatic rings. The Morgan fingerprint density at radius 3 is 2.74 bits per heavy atom.